The molecule has 0 bridgehead atoms. The first-order valence-corrected chi connectivity index (χ1v) is 9.64. The molecule has 6 heteroatoms. The highest BCUT2D eigenvalue weighted by molar-refractivity contribution is 14.0. The fourth-order valence-corrected chi connectivity index (χ4v) is 3.10. The van der Waals surface area contributed by atoms with Gasteiger partial charge in [-0.1, -0.05) is 38.1 Å². The Balaban J connectivity index is 0.00000338. The molecule has 0 amide bonds. The van der Waals surface area contributed by atoms with E-state index in [1.807, 2.05) is 7.05 Å². The van der Waals surface area contributed by atoms with E-state index in [0.717, 1.165) is 45.1 Å². The van der Waals surface area contributed by atoms with Gasteiger partial charge in [0.2, 0.25) is 0 Å². The van der Waals surface area contributed by atoms with Gasteiger partial charge in [0.25, 0.3) is 0 Å². The monoisotopic (exact) mass is 473 g/mol. The number of hydrogen-bond acceptors (Lipinski definition) is 3. The predicted octanol–water partition coefficient (Wildman–Crippen LogP) is 2.91. The van der Waals surface area contributed by atoms with E-state index in [-0.39, 0.29) is 24.0 Å². The Bertz CT molecular complexity index is 541. The van der Waals surface area contributed by atoms with Gasteiger partial charge in [-0.3, -0.25) is 9.89 Å². The van der Waals surface area contributed by atoms with Crippen molar-refractivity contribution in [1.29, 1.82) is 0 Å². The number of hydrogen-bond donors (Lipinski definition) is 2. The van der Waals surface area contributed by atoms with E-state index in [2.05, 4.69) is 70.5 Å². The number of guanidine groups is 1. The Morgan fingerprint density at radius 2 is 1.69 bits per heavy atom. The van der Waals surface area contributed by atoms with E-state index in [1.165, 1.54) is 24.2 Å². The van der Waals surface area contributed by atoms with Crippen LogP contribution < -0.4 is 10.6 Å². The first kappa shape index (κ1) is 23.2. The second-order valence-electron chi connectivity index (χ2n) is 6.86. The van der Waals surface area contributed by atoms with Crippen molar-refractivity contribution >= 4 is 29.9 Å². The Morgan fingerprint density at radius 1 is 1.08 bits per heavy atom. The van der Waals surface area contributed by atoms with Crippen LogP contribution in [0.2, 0.25) is 0 Å². The fraction of sp³-hybridized carbons (Fsp3) is 0.650. The number of piperazine rings is 1. The number of aliphatic imine (C=N–C) groups is 1. The van der Waals surface area contributed by atoms with Gasteiger partial charge in [-0.2, -0.15) is 0 Å². The highest BCUT2D eigenvalue weighted by Gasteiger charge is 2.16. The number of benzene rings is 1. The molecular formula is C20H36IN5. The Morgan fingerprint density at radius 3 is 2.27 bits per heavy atom. The van der Waals surface area contributed by atoms with Gasteiger partial charge in [0.15, 0.2) is 5.96 Å². The smallest absolute Gasteiger partial charge is 0.191 e. The van der Waals surface area contributed by atoms with Crippen LogP contribution in [0, 0.1) is 0 Å². The van der Waals surface area contributed by atoms with E-state index < -0.39 is 0 Å². The summed E-state index contributed by atoms with van der Waals surface area (Å²) in [5.41, 5.74) is 2.77. The van der Waals surface area contributed by atoms with Crippen LogP contribution in [-0.2, 0) is 13.1 Å². The Hall–Kier alpha value is -0.860. The highest BCUT2D eigenvalue weighted by atomic mass is 127. The fourth-order valence-electron chi connectivity index (χ4n) is 3.10. The van der Waals surface area contributed by atoms with Crippen molar-refractivity contribution < 1.29 is 0 Å². The highest BCUT2D eigenvalue weighted by Crippen LogP contribution is 2.13. The topological polar surface area (TPSA) is 42.9 Å². The van der Waals surface area contributed by atoms with Crippen LogP contribution in [0.1, 0.15) is 38.3 Å². The molecule has 1 aromatic rings. The van der Waals surface area contributed by atoms with Crippen molar-refractivity contribution in [2.45, 2.75) is 46.3 Å². The van der Waals surface area contributed by atoms with Crippen LogP contribution in [-0.4, -0.2) is 61.6 Å². The second-order valence-corrected chi connectivity index (χ2v) is 6.86. The first-order valence-electron chi connectivity index (χ1n) is 9.64. The number of nitrogens with zero attached hydrogens (tertiary/aromatic N) is 3. The molecule has 1 aliphatic heterocycles. The SMILES string of the molecule is CCC(C)NC(=NC)NCc1ccccc1CN1CCN(CC)CC1.I. The molecule has 1 aromatic carbocycles. The molecule has 0 aliphatic carbocycles. The molecule has 1 unspecified atom stereocenters. The number of halogens is 1. The molecular weight excluding hydrogens is 437 g/mol. The Labute approximate surface area is 176 Å². The summed E-state index contributed by atoms with van der Waals surface area (Å²) in [6.07, 6.45) is 1.08. The van der Waals surface area contributed by atoms with Gasteiger partial charge in [0.1, 0.15) is 0 Å². The van der Waals surface area contributed by atoms with Gasteiger partial charge in [-0.05, 0) is 31.0 Å². The van der Waals surface area contributed by atoms with Crippen LogP contribution in [0.4, 0.5) is 0 Å². The average Bonchev–Trinajstić information content (AvgIpc) is 2.66. The lowest BCUT2D eigenvalue weighted by molar-refractivity contribution is 0.131. The maximum atomic E-state index is 4.33. The molecule has 1 heterocycles. The minimum Gasteiger partial charge on any atom is -0.354 e. The molecule has 0 saturated carbocycles. The predicted molar refractivity (Wildman–Crippen MR) is 122 cm³/mol. The van der Waals surface area contributed by atoms with Crippen LogP contribution in [0.5, 0.6) is 0 Å². The van der Waals surface area contributed by atoms with Gasteiger partial charge < -0.3 is 15.5 Å². The van der Waals surface area contributed by atoms with Crippen molar-refractivity contribution in [2.75, 3.05) is 39.8 Å². The molecule has 2 rings (SSSR count). The first-order chi connectivity index (χ1) is 12.2. The minimum atomic E-state index is 0. The molecule has 148 valence electrons. The summed E-state index contributed by atoms with van der Waals surface area (Å²) >= 11 is 0. The summed E-state index contributed by atoms with van der Waals surface area (Å²) in [7, 11) is 1.83. The normalized spacial score (nSPS) is 17.5. The van der Waals surface area contributed by atoms with Crippen LogP contribution in [0.25, 0.3) is 0 Å². The van der Waals surface area contributed by atoms with E-state index in [9.17, 15) is 0 Å². The molecule has 2 N–H and O–H groups in total. The van der Waals surface area contributed by atoms with Crippen molar-refractivity contribution in [3.05, 3.63) is 35.4 Å². The van der Waals surface area contributed by atoms with E-state index >= 15 is 0 Å². The largest absolute Gasteiger partial charge is 0.354 e. The zero-order valence-corrected chi connectivity index (χ0v) is 19.1. The maximum absolute atomic E-state index is 4.33. The molecule has 0 aromatic heterocycles. The van der Waals surface area contributed by atoms with E-state index in [4.69, 9.17) is 0 Å². The zero-order valence-electron chi connectivity index (χ0n) is 16.8. The molecule has 1 atom stereocenters. The lowest BCUT2D eigenvalue weighted by Gasteiger charge is -2.34. The average molecular weight is 473 g/mol. The summed E-state index contributed by atoms with van der Waals surface area (Å²) in [5, 5.41) is 6.88. The number of nitrogens with one attached hydrogen (secondary N) is 2. The van der Waals surface area contributed by atoms with Crippen molar-refractivity contribution in [3.63, 3.8) is 0 Å². The van der Waals surface area contributed by atoms with Crippen LogP contribution in [0.3, 0.4) is 0 Å². The molecule has 0 spiro atoms. The zero-order chi connectivity index (χ0) is 18.1. The molecule has 1 aliphatic rings. The molecule has 1 saturated heterocycles. The van der Waals surface area contributed by atoms with Gasteiger partial charge in [0, 0.05) is 52.4 Å². The van der Waals surface area contributed by atoms with E-state index in [0.29, 0.717) is 6.04 Å². The summed E-state index contributed by atoms with van der Waals surface area (Å²) in [5.74, 6) is 0.876. The summed E-state index contributed by atoms with van der Waals surface area (Å²) in [6.45, 7) is 14.3. The van der Waals surface area contributed by atoms with Gasteiger partial charge in [0.05, 0.1) is 0 Å². The van der Waals surface area contributed by atoms with Gasteiger partial charge in [-0.15, -0.1) is 24.0 Å². The van der Waals surface area contributed by atoms with Crippen molar-refractivity contribution in [2.24, 2.45) is 4.99 Å². The maximum Gasteiger partial charge on any atom is 0.191 e. The third-order valence-electron chi connectivity index (χ3n) is 5.09. The summed E-state index contributed by atoms with van der Waals surface area (Å²) in [6, 6.07) is 9.18. The van der Waals surface area contributed by atoms with Crippen LogP contribution >= 0.6 is 24.0 Å². The van der Waals surface area contributed by atoms with Crippen LogP contribution in [0.15, 0.2) is 29.3 Å². The lowest BCUT2D eigenvalue weighted by Crippen LogP contribution is -2.45. The van der Waals surface area contributed by atoms with Crippen molar-refractivity contribution in [1.82, 2.24) is 20.4 Å². The molecule has 1 fully saturated rings. The van der Waals surface area contributed by atoms with Gasteiger partial charge in [-0.25, -0.2) is 0 Å². The third-order valence-corrected chi connectivity index (χ3v) is 5.09. The minimum absolute atomic E-state index is 0. The Kier molecular flexibility index (Phi) is 11.2. The summed E-state index contributed by atoms with van der Waals surface area (Å²) < 4.78 is 0. The molecule has 26 heavy (non-hydrogen) atoms. The second kappa shape index (κ2) is 12.5. The van der Waals surface area contributed by atoms with Crippen molar-refractivity contribution in [3.8, 4) is 0 Å². The standard InChI is InChI=1S/C20H35N5.HI/c1-5-17(3)23-20(21-4)22-15-18-9-7-8-10-19(18)16-25-13-11-24(6-2)12-14-25;/h7-10,17H,5-6,11-16H2,1-4H3,(H2,21,22,23);1H. The number of rotatable bonds is 7. The lowest BCUT2D eigenvalue weighted by atomic mass is 10.1. The third kappa shape index (κ3) is 7.40. The summed E-state index contributed by atoms with van der Waals surface area (Å²) in [4.78, 5) is 9.42. The molecule has 0 radical (unpaired) electrons. The quantitative estimate of drug-likeness (QED) is 0.363. The van der Waals surface area contributed by atoms with Gasteiger partial charge >= 0.3 is 0 Å². The number of likely N-dealkylation sites (N-methyl/N-ethyl adjacent to an activating group) is 1. The van der Waals surface area contributed by atoms with E-state index in [1.54, 1.807) is 0 Å². The molecule has 5 nitrogen and oxygen atoms in total.